The number of hydrogen-bond donors (Lipinski definition) is 2. The highest BCUT2D eigenvalue weighted by Crippen LogP contribution is 2.26. The van der Waals surface area contributed by atoms with E-state index in [0.29, 0.717) is 0 Å². The molecule has 10 heteroatoms. The van der Waals surface area contributed by atoms with Crippen molar-refractivity contribution in [2.45, 2.75) is 30.3 Å². The summed E-state index contributed by atoms with van der Waals surface area (Å²) in [6.07, 6.45) is 5.46. The molecular weight excluding hydrogens is 392 g/mol. The van der Waals surface area contributed by atoms with E-state index < -0.39 is 24.8 Å². The average Bonchev–Trinajstić information content (AvgIpc) is 2.49. The van der Waals surface area contributed by atoms with Crippen molar-refractivity contribution >= 4 is 20.2 Å². The molecule has 0 radical (unpaired) electrons. The number of rotatable bonds is 10. The van der Waals surface area contributed by atoms with Crippen molar-refractivity contribution in [1.29, 1.82) is 0 Å². The van der Waals surface area contributed by atoms with Gasteiger partial charge in [-0.05, 0) is 59.7 Å². The Morgan fingerprint density at radius 3 is 1.41 bits per heavy atom. The lowest BCUT2D eigenvalue weighted by Gasteiger charge is -2.10. The third-order valence-electron chi connectivity index (χ3n) is 3.57. The van der Waals surface area contributed by atoms with Crippen LogP contribution in [0.3, 0.4) is 0 Å². The maximum atomic E-state index is 10.8. The summed E-state index contributed by atoms with van der Waals surface area (Å²) in [6, 6.07) is 6.66. The maximum Gasteiger partial charge on any atom is 0.289 e. The molecule has 0 aliphatic rings. The van der Waals surface area contributed by atoms with Crippen molar-refractivity contribution in [3.8, 4) is 0 Å². The lowest BCUT2D eigenvalue weighted by atomic mass is 10.2. The molecule has 0 unspecified atom stereocenters. The van der Waals surface area contributed by atoms with E-state index in [1.165, 1.54) is 69.1 Å². The second-order valence-electron chi connectivity index (χ2n) is 6.79. The predicted molar refractivity (Wildman–Crippen MR) is 108 cm³/mol. The van der Waals surface area contributed by atoms with Gasteiger partial charge < -0.3 is 9.80 Å². The van der Waals surface area contributed by atoms with Gasteiger partial charge in [0.25, 0.3) is 20.2 Å². The third kappa shape index (κ3) is 12.9. The van der Waals surface area contributed by atoms with Crippen molar-refractivity contribution in [3.63, 3.8) is 0 Å². The second-order valence-corrected chi connectivity index (χ2v) is 10.1. The topological polar surface area (TPSA) is 115 Å². The molecule has 158 valence electrons. The lowest BCUT2D eigenvalue weighted by Crippen LogP contribution is -2.21. The van der Waals surface area contributed by atoms with Gasteiger partial charge in [-0.15, -0.1) is 0 Å². The Labute approximate surface area is 163 Å². The monoisotopic (exact) mass is 424 g/mol. The quantitative estimate of drug-likeness (QED) is 0.433. The first kappa shape index (κ1) is 26.0. The molecule has 0 fully saturated rings. The first-order valence-electron chi connectivity index (χ1n) is 8.62. The second kappa shape index (κ2) is 12.4. The van der Waals surface area contributed by atoms with E-state index in [0.717, 1.165) is 0 Å². The number of nitrogens with zero attached hydrogens (tertiary/aromatic N) is 2. The largest absolute Gasteiger partial charge is 0.309 e. The van der Waals surface area contributed by atoms with Gasteiger partial charge in [0.2, 0.25) is 4.58 Å². The van der Waals surface area contributed by atoms with Crippen molar-refractivity contribution in [2.75, 3.05) is 41.3 Å². The summed E-state index contributed by atoms with van der Waals surface area (Å²) < 4.78 is 58.2. The highest BCUT2D eigenvalue weighted by atomic mass is 32.3. The number of hydrogen-bond acceptors (Lipinski definition) is 6. The molecule has 0 saturated heterocycles. The summed E-state index contributed by atoms with van der Waals surface area (Å²) in [5.41, 5.74) is -0.220. The lowest BCUT2D eigenvalue weighted by molar-refractivity contribution is 0.370. The molecule has 1 aromatic rings. The van der Waals surface area contributed by atoms with Crippen LogP contribution in [-0.4, -0.2) is 77.0 Å². The Kier molecular flexibility index (Phi) is 11.9. The van der Waals surface area contributed by atoms with Gasteiger partial charge in [-0.25, -0.2) is 0 Å². The minimum absolute atomic E-state index is 0.220. The van der Waals surface area contributed by atoms with E-state index in [2.05, 4.69) is 38.0 Å². The molecule has 0 bridgehead atoms. The minimum Gasteiger partial charge on any atom is -0.309 e. The van der Waals surface area contributed by atoms with Crippen LogP contribution >= 0.6 is 0 Å². The Bertz CT molecular complexity index is 675. The summed E-state index contributed by atoms with van der Waals surface area (Å²) in [6.45, 7) is 2.48. The van der Waals surface area contributed by atoms with Crippen LogP contribution in [0, 0.1) is 0 Å². The van der Waals surface area contributed by atoms with Crippen LogP contribution in [0.1, 0.15) is 35.8 Å². The molecule has 0 spiro atoms. The van der Waals surface area contributed by atoms with E-state index in [4.69, 9.17) is 9.11 Å². The van der Waals surface area contributed by atoms with Crippen LogP contribution in [-0.2, 0) is 20.2 Å². The summed E-state index contributed by atoms with van der Waals surface area (Å²) in [4.78, 5) is 4.51. The zero-order valence-corrected chi connectivity index (χ0v) is 18.1. The molecule has 0 atom stereocenters. The van der Waals surface area contributed by atoms with Crippen molar-refractivity contribution in [3.05, 3.63) is 35.9 Å². The van der Waals surface area contributed by atoms with E-state index in [9.17, 15) is 16.8 Å². The molecular formula is C17H32N2O6S2. The Morgan fingerprint density at radius 2 is 1.11 bits per heavy atom. The van der Waals surface area contributed by atoms with E-state index in [-0.39, 0.29) is 5.56 Å². The zero-order chi connectivity index (χ0) is 21.1. The van der Waals surface area contributed by atoms with Crippen molar-refractivity contribution in [2.24, 2.45) is 0 Å². The maximum absolute atomic E-state index is 10.8. The molecule has 0 amide bonds. The number of benzene rings is 1. The number of unbranched alkanes of at least 4 members (excludes halogenated alkanes) is 3. The van der Waals surface area contributed by atoms with E-state index in [1.54, 1.807) is 0 Å². The van der Waals surface area contributed by atoms with Crippen molar-refractivity contribution < 1.29 is 25.9 Å². The molecule has 0 aromatic heterocycles. The zero-order valence-electron chi connectivity index (χ0n) is 16.4. The van der Waals surface area contributed by atoms with Crippen LogP contribution < -0.4 is 0 Å². The van der Waals surface area contributed by atoms with Gasteiger partial charge in [-0.1, -0.05) is 43.2 Å². The molecule has 0 aliphatic carbocycles. The SMILES string of the molecule is CN(C)CCCCCCN(C)C.O=S(=O)(O)C(c1ccccc1)S(=O)(=O)O. The van der Waals surface area contributed by atoms with Crippen LogP contribution in [0.15, 0.2) is 30.3 Å². The summed E-state index contributed by atoms with van der Waals surface area (Å²) in [5.74, 6) is 0. The van der Waals surface area contributed by atoms with Gasteiger partial charge in [0.1, 0.15) is 0 Å². The van der Waals surface area contributed by atoms with E-state index >= 15 is 0 Å². The van der Waals surface area contributed by atoms with Gasteiger partial charge in [0.15, 0.2) is 0 Å². The van der Waals surface area contributed by atoms with Gasteiger partial charge in [0.05, 0.1) is 0 Å². The van der Waals surface area contributed by atoms with Gasteiger partial charge in [0, 0.05) is 0 Å². The molecule has 1 aromatic carbocycles. The first-order chi connectivity index (χ1) is 12.4. The van der Waals surface area contributed by atoms with Gasteiger partial charge >= 0.3 is 0 Å². The Morgan fingerprint density at radius 1 is 0.741 bits per heavy atom. The first-order valence-corrected chi connectivity index (χ1v) is 11.6. The average molecular weight is 425 g/mol. The Balaban J connectivity index is 0.000000516. The molecule has 0 heterocycles. The van der Waals surface area contributed by atoms with Crippen LogP contribution in [0.25, 0.3) is 0 Å². The van der Waals surface area contributed by atoms with E-state index in [1.807, 2.05) is 0 Å². The molecule has 1 rings (SSSR count). The normalized spacial score (nSPS) is 12.3. The van der Waals surface area contributed by atoms with Gasteiger partial charge in [-0.3, -0.25) is 9.11 Å². The fraction of sp³-hybridized carbons (Fsp3) is 0.647. The van der Waals surface area contributed by atoms with Crippen LogP contribution in [0.2, 0.25) is 0 Å². The molecule has 2 N–H and O–H groups in total. The standard InChI is InChI=1S/C10H24N2.C7H8O6S2/c1-11(2)9-7-5-6-8-10-12(3)4;8-14(9,10)7(15(11,12)13)6-4-2-1-3-5-6/h5-10H2,1-4H3;1-5,7H,(H,8,9,10)(H,11,12,13). The summed E-state index contributed by atoms with van der Waals surface area (Å²) in [7, 11) is -1.27. The van der Waals surface area contributed by atoms with Crippen molar-refractivity contribution in [1.82, 2.24) is 9.80 Å². The third-order valence-corrected chi connectivity index (χ3v) is 6.66. The highest BCUT2D eigenvalue weighted by Gasteiger charge is 2.36. The smallest absolute Gasteiger partial charge is 0.289 e. The fourth-order valence-corrected chi connectivity index (χ4v) is 4.55. The Hall–Kier alpha value is -1.04. The molecule has 0 saturated carbocycles. The summed E-state index contributed by atoms with van der Waals surface area (Å²) >= 11 is 0. The molecule has 27 heavy (non-hydrogen) atoms. The minimum atomic E-state index is -4.91. The predicted octanol–water partition coefficient (Wildman–Crippen LogP) is 2.13. The van der Waals surface area contributed by atoms with Crippen LogP contribution in [0.4, 0.5) is 0 Å². The van der Waals surface area contributed by atoms with Crippen LogP contribution in [0.5, 0.6) is 0 Å². The molecule has 8 nitrogen and oxygen atoms in total. The highest BCUT2D eigenvalue weighted by molar-refractivity contribution is 8.03. The fourth-order valence-electron chi connectivity index (χ4n) is 2.32. The van der Waals surface area contributed by atoms with Gasteiger partial charge in [-0.2, -0.15) is 16.8 Å². The summed E-state index contributed by atoms with van der Waals surface area (Å²) in [5, 5.41) is 0. The molecule has 0 aliphatic heterocycles.